The van der Waals surface area contributed by atoms with Gasteiger partial charge in [0.25, 0.3) is 5.91 Å². The van der Waals surface area contributed by atoms with Gasteiger partial charge in [-0.1, -0.05) is 32.8 Å². The first-order chi connectivity index (χ1) is 8.19. The third-order valence-corrected chi connectivity index (χ3v) is 2.78. The zero-order valence-corrected chi connectivity index (χ0v) is 10.6. The Kier molecular flexibility index (Phi) is 5.53. The Hall–Kier alpha value is -1.51. The van der Waals surface area contributed by atoms with Crippen LogP contribution in [0.3, 0.4) is 0 Å². The Labute approximate surface area is 103 Å². The Morgan fingerprint density at radius 1 is 1.29 bits per heavy atom. The van der Waals surface area contributed by atoms with Crippen molar-refractivity contribution in [2.24, 2.45) is 0 Å². The lowest BCUT2D eigenvalue weighted by atomic mass is 10.1. The highest BCUT2D eigenvalue weighted by molar-refractivity contribution is 5.96. The van der Waals surface area contributed by atoms with E-state index in [1.165, 1.54) is 0 Å². The number of amides is 1. The third kappa shape index (κ3) is 4.10. The fourth-order valence-electron chi connectivity index (χ4n) is 1.66. The molecule has 1 aromatic carbocycles. The summed E-state index contributed by atoms with van der Waals surface area (Å²) in [5.74, 6) is -0.135. The quantitative estimate of drug-likeness (QED) is 0.745. The van der Waals surface area contributed by atoms with E-state index in [0.29, 0.717) is 12.1 Å². The fourth-order valence-corrected chi connectivity index (χ4v) is 1.66. The summed E-state index contributed by atoms with van der Waals surface area (Å²) >= 11 is 0. The van der Waals surface area contributed by atoms with Crippen molar-refractivity contribution in [3.63, 3.8) is 0 Å². The molecular formula is C14H21NO2. The Bertz CT molecular complexity index is 374. The molecule has 0 unspecified atom stereocenters. The molecule has 0 saturated carbocycles. The van der Waals surface area contributed by atoms with Crippen LogP contribution in [-0.2, 0) is 6.42 Å². The molecule has 0 heterocycles. The fraction of sp³-hybridized carbons (Fsp3) is 0.500. The number of benzene rings is 1. The largest absolute Gasteiger partial charge is 0.507 e. The Balaban J connectivity index is 2.61. The highest BCUT2D eigenvalue weighted by Crippen LogP contribution is 2.18. The van der Waals surface area contributed by atoms with Crippen LogP contribution in [-0.4, -0.2) is 17.6 Å². The summed E-state index contributed by atoms with van der Waals surface area (Å²) in [5, 5.41) is 12.5. The number of hydrogen-bond acceptors (Lipinski definition) is 2. The first kappa shape index (κ1) is 13.6. The van der Waals surface area contributed by atoms with Gasteiger partial charge in [0.05, 0.1) is 5.56 Å². The number of aromatic hydroxyl groups is 1. The lowest BCUT2D eigenvalue weighted by Gasteiger charge is -2.08. The molecule has 0 bridgehead atoms. The minimum absolute atomic E-state index is 0.0511. The molecular weight excluding hydrogens is 214 g/mol. The normalized spacial score (nSPS) is 10.2. The lowest BCUT2D eigenvalue weighted by molar-refractivity contribution is 0.0950. The highest BCUT2D eigenvalue weighted by atomic mass is 16.3. The molecule has 0 radical (unpaired) electrons. The molecule has 0 aromatic heterocycles. The number of aryl methyl sites for hydroxylation is 1. The van der Waals surface area contributed by atoms with Gasteiger partial charge in [0, 0.05) is 6.54 Å². The van der Waals surface area contributed by atoms with E-state index < -0.39 is 0 Å². The van der Waals surface area contributed by atoms with Crippen LogP contribution in [0.25, 0.3) is 0 Å². The smallest absolute Gasteiger partial charge is 0.255 e. The van der Waals surface area contributed by atoms with Gasteiger partial charge in [-0.25, -0.2) is 0 Å². The lowest BCUT2D eigenvalue weighted by Crippen LogP contribution is -2.24. The first-order valence-corrected chi connectivity index (χ1v) is 6.29. The Morgan fingerprint density at radius 3 is 2.71 bits per heavy atom. The van der Waals surface area contributed by atoms with Crippen LogP contribution in [0.1, 0.15) is 49.0 Å². The van der Waals surface area contributed by atoms with Gasteiger partial charge in [-0.2, -0.15) is 0 Å². The third-order valence-electron chi connectivity index (χ3n) is 2.78. The molecule has 94 valence electrons. The maximum atomic E-state index is 11.8. The molecule has 0 fully saturated rings. The van der Waals surface area contributed by atoms with Gasteiger partial charge < -0.3 is 10.4 Å². The van der Waals surface area contributed by atoms with Gasteiger partial charge in [-0.05, 0) is 30.5 Å². The molecule has 0 saturated heterocycles. The molecule has 1 aromatic rings. The van der Waals surface area contributed by atoms with E-state index >= 15 is 0 Å². The van der Waals surface area contributed by atoms with Crippen LogP contribution in [0.4, 0.5) is 0 Å². The second kappa shape index (κ2) is 6.94. The van der Waals surface area contributed by atoms with Crippen molar-refractivity contribution in [3.05, 3.63) is 29.3 Å². The van der Waals surface area contributed by atoms with E-state index in [2.05, 4.69) is 12.2 Å². The maximum absolute atomic E-state index is 11.8. The van der Waals surface area contributed by atoms with Gasteiger partial charge in [0.2, 0.25) is 0 Å². The van der Waals surface area contributed by atoms with E-state index in [-0.39, 0.29) is 11.7 Å². The molecule has 3 nitrogen and oxygen atoms in total. The standard InChI is InChI=1S/C14H21NO2/c1-3-5-6-9-15-14(17)12-10-11(4-2)7-8-13(12)16/h7-8,10,16H,3-6,9H2,1-2H3,(H,15,17). The monoisotopic (exact) mass is 235 g/mol. The number of unbranched alkanes of at least 4 members (excludes halogenated alkanes) is 2. The van der Waals surface area contributed by atoms with Gasteiger partial charge in [-0.3, -0.25) is 4.79 Å². The number of nitrogens with one attached hydrogen (secondary N) is 1. The van der Waals surface area contributed by atoms with Crippen molar-refractivity contribution < 1.29 is 9.90 Å². The van der Waals surface area contributed by atoms with Crippen LogP contribution >= 0.6 is 0 Å². The van der Waals surface area contributed by atoms with Crippen molar-refractivity contribution in [1.82, 2.24) is 5.32 Å². The average molecular weight is 235 g/mol. The van der Waals surface area contributed by atoms with Crippen molar-refractivity contribution >= 4 is 5.91 Å². The first-order valence-electron chi connectivity index (χ1n) is 6.29. The molecule has 17 heavy (non-hydrogen) atoms. The van der Waals surface area contributed by atoms with Crippen LogP contribution < -0.4 is 5.32 Å². The molecule has 2 N–H and O–H groups in total. The van der Waals surface area contributed by atoms with Crippen LogP contribution in [0.15, 0.2) is 18.2 Å². The molecule has 0 aliphatic rings. The van der Waals surface area contributed by atoms with E-state index in [1.54, 1.807) is 12.1 Å². The van der Waals surface area contributed by atoms with E-state index in [0.717, 1.165) is 31.2 Å². The molecule has 1 rings (SSSR count). The zero-order chi connectivity index (χ0) is 12.7. The second-order valence-corrected chi connectivity index (χ2v) is 4.17. The zero-order valence-electron chi connectivity index (χ0n) is 10.6. The van der Waals surface area contributed by atoms with Crippen molar-refractivity contribution in [1.29, 1.82) is 0 Å². The highest BCUT2D eigenvalue weighted by Gasteiger charge is 2.10. The number of rotatable bonds is 6. The summed E-state index contributed by atoms with van der Waals surface area (Å²) < 4.78 is 0. The summed E-state index contributed by atoms with van der Waals surface area (Å²) in [6.07, 6.45) is 4.08. The molecule has 0 atom stereocenters. The Morgan fingerprint density at radius 2 is 2.06 bits per heavy atom. The summed E-state index contributed by atoms with van der Waals surface area (Å²) in [7, 11) is 0. The minimum atomic E-state index is -0.186. The number of phenols is 1. The summed E-state index contributed by atoms with van der Waals surface area (Å²) in [5.41, 5.74) is 1.43. The van der Waals surface area contributed by atoms with Gasteiger partial charge in [-0.15, -0.1) is 0 Å². The number of carbonyl (C=O) groups excluding carboxylic acids is 1. The van der Waals surface area contributed by atoms with Crippen molar-refractivity contribution in [3.8, 4) is 5.75 Å². The minimum Gasteiger partial charge on any atom is -0.507 e. The molecule has 0 aliphatic heterocycles. The molecule has 0 spiro atoms. The predicted octanol–water partition coefficient (Wildman–Crippen LogP) is 2.87. The maximum Gasteiger partial charge on any atom is 0.255 e. The van der Waals surface area contributed by atoms with Crippen molar-refractivity contribution in [2.75, 3.05) is 6.54 Å². The number of phenolic OH excluding ortho intramolecular Hbond substituents is 1. The number of carbonyl (C=O) groups is 1. The van der Waals surface area contributed by atoms with Crippen LogP contribution in [0, 0.1) is 0 Å². The van der Waals surface area contributed by atoms with E-state index in [4.69, 9.17) is 0 Å². The molecule has 3 heteroatoms. The summed E-state index contributed by atoms with van der Waals surface area (Å²) in [4.78, 5) is 11.8. The van der Waals surface area contributed by atoms with Crippen molar-refractivity contribution in [2.45, 2.75) is 39.5 Å². The van der Waals surface area contributed by atoms with Crippen LogP contribution in [0.5, 0.6) is 5.75 Å². The predicted molar refractivity (Wildman–Crippen MR) is 69.3 cm³/mol. The topological polar surface area (TPSA) is 49.3 Å². The molecule has 0 aliphatic carbocycles. The SMILES string of the molecule is CCCCCNC(=O)c1cc(CC)ccc1O. The van der Waals surface area contributed by atoms with Gasteiger partial charge in [0.15, 0.2) is 0 Å². The summed E-state index contributed by atoms with van der Waals surface area (Å²) in [6.45, 7) is 4.82. The van der Waals surface area contributed by atoms with Gasteiger partial charge >= 0.3 is 0 Å². The average Bonchev–Trinajstić information content (AvgIpc) is 2.35. The molecule has 1 amide bonds. The second-order valence-electron chi connectivity index (χ2n) is 4.17. The summed E-state index contributed by atoms with van der Waals surface area (Å²) in [6, 6.07) is 5.17. The van der Waals surface area contributed by atoms with E-state index in [1.807, 2.05) is 13.0 Å². The van der Waals surface area contributed by atoms with Gasteiger partial charge in [0.1, 0.15) is 5.75 Å². The van der Waals surface area contributed by atoms with Crippen LogP contribution in [0.2, 0.25) is 0 Å². The number of hydrogen-bond donors (Lipinski definition) is 2. The van der Waals surface area contributed by atoms with E-state index in [9.17, 15) is 9.90 Å².